The van der Waals surface area contributed by atoms with Crippen LogP contribution in [0.15, 0.2) is 53.4 Å². The topological polar surface area (TPSA) is 55.4 Å². The number of hydrogen-bond donors (Lipinski definition) is 1. The van der Waals surface area contributed by atoms with Gasteiger partial charge in [-0.1, -0.05) is 36.0 Å². The molecule has 2 rings (SSSR count). The summed E-state index contributed by atoms with van der Waals surface area (Å²) in [6.07, 6.45) is 0. The average Bonchev–Trinajstić information content (AvgIpc) is 2.52. The average molecular weight is 351 g/mol. The summed E-state index contributed by atoms with van der Waals surface area (Å²) in [5, 5.41) is 2.60. The molecule has 0 aromatic heterocycles. The third kappa shape index (κ3) is 5.34. The molecule has 0 saturated carbocycles. The van der Waals surface area contributed by atoms with Gasteiger partial charge in [-0.25, -0.2) is 4.79 Å². The Kier molecular flexibility index (Phi) is 6.31. The molecular formula is C17H15F2NO3S. The van der Waals surface area contributed by atoms with Crippen LogP contribution in [0, 0.1) is 6.92 Å². The molecule has 1 N–H and O–H groups in total. The number of hydrogen-bond acceptors (Lipinski definition) is 4. The van der Waals surface area contributed by atoms with Gasteiger partial charge >= 0.3 is 5.97 Å². The van der Waals surface area contributed by atoms with Crippen LogP contribution in [-0.4, -0.2) is 24.2 Å². The summed E-state index contributed by atoms with van der Waals surface area (Å²) in [7, 11) is 0. The molecule has 0 atom stereocenters. The Labute approximate surface area is 142 Å². The van der Waals surface area contributed by atoms with Crippen molar-refractivity contribution in [1.82, 2.24) is 0 Å². The molecule has 0 aliphatic rings. The van der Waals surface area contributed by atoms with Crippen molar-refractivity contribution >= 4 is 29.3 Å². The Bertz CT molecular complexity index is 737. The summed E-state index contributed by atoms with van der Waals surface area (Å²) in [6, 6.07) is 13.0. The van der Waals surface area contributed by atoms with Gasteiger partial charge in [0.15, 0.2) is 6.61 Å². The molecule has 24 heavy (non-hydrogen) atoms. The van der Waals surface area contributed by atoms with Crippen LogP contribution in [0.25, 0.3) is 0 Å². The molecule has 0 aliphatic heterocycles. The van der Waals surface area contributed by atoms with Crippen LogP contribution in [0.1, 0.15) is 15.9 Å². The fourth-order valence-corrected chi connectivity index (χ4v) is 2.59. The maximum atomic E-state index is 12.5. The highest BCUT2D eigenvalue weighted by Crippen LogP contribution is 2.28. The second kappa shape index (κ2) is 8.44. The molecule has 4 nitrogen and oxygen atoms in total. The van der Waals surface area contributed by atoms with E-state index in [4.69, 9.17) is 4.74 Å². The van der Waals surface area contributed by atoms with Crippen molar-refractivity contribution in [2.24, 2.45) is 0 Å². The lowest BCUT2D eigenvalue weighted by Gasteiger charge is -2.09. The summed E-state index contributed by atoms with van der Waals surface area (Å²) in [4.78, 5) is 23.9. The lowest BCUT2D eigenvalue weighted by molar-refractivity contribution is -0.119. The van der Waals surface area contributed by atoms with Crippen molar-refractivity contribution < 1.29 is 23.1 Å². The first kappa shape index (κ1) is 17.9. The van der Waals surface area contributed by atoms with Gasteiger partial charge in [-0.15, -0.1) is 0 Å². The number of alkyl halides is 2. The van der Waals surface area contributed by atoms with Gasteiger partial charge in [0.05, 0.1) is 5.56 Å². The molecule has 0 saturated heterocycles. The summed E-state index contributed by atoms with van der Waals surface area (Å²) in [5.41, 5.74) is 1.57. The molecule has 2 aromatic rings. The second-order valence-corrected chi connectivity index (χ2v) is 5.90. The number of rotatable bonds is 6. The number of ether oxygens (including phenoxy) is 1. The predicted molar refractivity (Wildman–Crippen MR) is 88.4 cm³/mol. The van der Waals surface area contributed by atoms with Gasteiger partial charge in [0.25, 0.3) is 11.7 Å². The van der Waals surface area contributed by atoms with E-state index in [-0.39, 0.29) is 22.2 Å². The van der Waals surface area contributed by atoms with Crippen LogP contribution in [-0.2, 0) is 9.53 Å². The molecule has 7 heteroatoms. The van der Waals surface area contributed by atoms with Crippen LogP contribution in [0.2, 0.25) is 0 Å². The van der Waals surface area contributed by atoms with Crippen LogP contribution < -0.4 is 5.32 Å². The minimum Gasteiger partial charge on any atom is -0.452 e. The summed E-state index contributed by atoms with van der Waals surface area (Å²) >= 11 is 0.257. The van der Waals surface area contributed by atoms with Gasteiger partial charge in [0.2, 0.25) is 0 Å². The number of amides is 1. The van der Waals surface area contributed by atoms with Crippen LogP contribution in [0.5, 0.6) is 0 Å². The molecule has 0 aliphatic carbocycles. The third-order valence-electron chi connectivity index (χ3n) is 2.96. The summed E-state index contributed by atoms with van der Waals surface area (Å²) < 4.78 is 29.9. The third-order valence-corrected chi connectivity index (χ3v) is 3.75. The number of carbonyl (C=O) groups is 2. The minimum absolute atomic E-state index is 0.00570. The number of benzene rings is 2. The standard InChI is InChI=1S/C17H15F2NO3S/c1-11-5-4-6-12(9-11)20-15(21)10-23-16(22)13-7-2-3-8-14(13)24-17(18)19/h2-9,17H,10H2,1H3,(H,20,21). The molecule has 2 aromatic carbocycles. The van der Waals surface area contributed by atoms with Gasteiger partial charge in [0, 0.05) is 10.6 Å². The number of carbonyl (C=O) groups excluding carboxylic acids is 2. The Morgan fingerprint density at radius 3 is 2.62 bits per heavy atom. The number of esters is 1. The number of halogens is 2. The largest absolute Gasteiger partial charge is 0.452 e. The molecule has 0 radical (unpaired) electrons. The first-order valence-corrected chi connectivity index (χ1v) is 7.91. The normalized spacial score (nSPS) is 10.5. The van der Waals surface area contributed by atoms with Crippen molar-refractivity contribution in [3.05, 3.63) is 59.7 Å². The van der Waals surface area contributed by atoms with Crippen LogP contribution >= 0.6 is 11.8 Å². The van der Waals surface area contributed by atoms with Crippen molar-refractivity contribution in [2.75, 3.05) is 11.9 Å². The number of aryl methyl sites for hydroxylation is 1. The number of nitrogens with one attached hydrogen (secondary N) is 1. The van der Waals surface area contributed by atoms with E-state index in [1.165, 1.54) is 12.1 Å². The quantitative estimate of drug-likeness (QED) is 0.629. The fourth-order valence-electron chi connectivity index (χ4n) is 1.96. The zero-order valence-corrected chi connectivity index (χ0v) is 13.6. The van der Waals surface area contributed by atoms with Gasteiger partial charge in [0.1, 0.15) is 0 Å². The van der Waals surface area contributed by atoms with Crippen molar-refractivity contribution in [1.29, 1.82) is 0 Å². The molecule has 0 spiro atoms. The Hall–Kier alpha value is -2.41. The highest BCUT2D eigenvalue weighted by molar-refractivity contribution is 7.99. The Morgan fingerprint density at radius 2 is 1.92 bits per heavy atom. The lowest BCUT2D eigenvalue weighted by atomic mass is 10.2. The van der Waals surface area contributed by atoms with E-state index in [1.807, 2.05) is 13.0 Å². The van der Waals surface area contributed by atoms with Crippen molar-refractivity contribution in [3.8, 4) is 0 Å². The molecule has 1 amide bonds. The fraction of sp³-hybridized carbons (Fsp3) is 0.176. The minimum atomic E-state index is -2.65. The first-order chi connectivity index (χ1) is 11.5. The smallest absolute Gasteiger partial charge is 0.339 e. The van der Waals surface area contributed by atoms with E-state index in [0.29, 0.717) is 5.69 Å². The van der Waals surface area contributed by atoms with E-state index in [2.05, 4.69) is 5.32 Å². The molecule has 0 heterocycles. The van der Waals surface area contributed by atoms with Gasteiger partial charge < -0.3 is 10.1 Å². The zero-order chi connectivity index (χ0) is 17.5. The van der Waals surface area contributed by atoms with E-state index >= 15 is 0 Å². The van der Waals surface area contributed by atoms with Crippen LogP contribution in [0.4, 0.5) is 14.5 Å². The Morgan fingerprint density at radius 1 is 1.17 bits per heavy atom. The van der Waals surface area contributed by atoms with E-state index in [0.717, 1.165) is 5.56 Å². The van der Waals surface area contributed by atoms with E-state index in [1.54, 1.807) is 30.3 Å². The summed E-state index contributed by atoms with van der Waals surface area (Å²) in [6.45, 7) is 1.38. The maximum absolute atomic E-state index is 12.5. The Balaban J connectivity index is 1.94. The van der Waals surface area contributed by atoms with Gasteiger partial charge in [-0.05, 0) is 36.8 Å². The number of thioether (sulfide) groups is 1. The molecule has 126 valence electrons. The van der Waals surface area contributed by atoms with Gasteiger partial charge in [-0.2, -0.15) is 8.78 Å². The highest BCUT2D eigenvalue weighted by Gasteiger charge is 2.17. The molecule has 0 bridgehead atoms. The molecule has 0 fully saturated rings. The van der Waals surface area contributed by atoms with Crippen LogP contribution in [0.3, 0.4) is 0 Å². The second-order valence-electron chi connectivity index (χ2n) is 4.87. The predicted octanol–water partition coefficient (Wildman–Crippen LogP) is 4.11. The number of anilines is 1. The summed E-state index contributed by atoms with van der Waals surface area (Å²) in [5.74, 6) is -3.98. The van der Waals surface area contributed by atoms with Crippen molar-refractivity contribution in [2.45, 2.75) is 17.6 Å². The van der Waals surface area contributed by atoms with Gasteiger partial charge in [-0.3, -0.25) is 4.79 Å². The highest BCUT2D eigenvalue weighted by atomic mass is 32.2. The lowest BCUT2D eigenvalue weighted by Crippen LogP contribution is -2.21. The zero-order valence-electron chi connectivity index (χ0n) is 12.8. The molecule has 0 unspecified atom stereocenters. The van der Waals surface area contributed by atoms with Crippen molar-refractivity contribution in [3.63, 3.8) is 0 Å². The molecular weight excluding hydrogens is 336 g/mol. The van der Waals surface area contributed by atoms with E-state index in [9.17, 15) is 18.4 Å². The first-order valence-electron chi connectivity index (χ1n) is 7.03. The SMILES string of the molecule is Cc1cccc(NC(=O)COC(=O)c2ccccc2SC(F)F)c1. The van der Waals surface area contributed by atoms with E-state index < -0.39 is 24.2 Å². The monoisotopic (exact) mass is 351 g/mol. The maximum Gasteiger partial charge on any atom is 0.339 e.